The summed E-state index contributed by atoms with van der Waals surface area (Å²) in [7, 11) is -4.01. The van der Waals surface area contributed by atoms with Crippen LogP contribution < -0.4 is 5.32 Å². The van der Waals surface area contributed by atoms with E-state index in [1.807, 2.05) is 16.7 Å². The van der Waals surface area contributed by atoms with E-state index in [1.165, 1.54) is 24.3 Å². The molecule has 41 heavy (non-hydrogen) atoms. The number of amides is 1. The number of rotatable bonds is 6. The number of sulfone groups is 1. The summed E-state index contributed by atoms with van der Waals surface area (Å²) < 4.78 is 56.5. The van der Waals surface area contributed by atoms with Gasteiger partial charge in [0.1, 0.15) is 11.4 Å². The zero-order chi connectivity index (χ0) is 28.9. The van der Waals surface area contributed by atoms with Crippen LogP contribution in [0.4, 0.5) is 14.5 Å². The molecule has 2 aromatic heterocycles. The number of carbonyl (C=O) groups is 1. The lowest BCUT2D eigenvalue weighted by molar-refractivity contribution is -0.0729. The van der Waals surface area contributed by atoms with Crippen LogP contribution in [-0.4, -0.2) is 39.2 Å². The number of hydrogen-bond acceptors (Lipinski definition) is 6. The summed E-state index contributed by atoms with van der Waals surface area (Å²) in [6, 6.07) is 10.4. The fourth-order valence-corrected chi connectivity index (χ4v) is 8.65. The largest absolute Gasteiger partial charge is 0.381 e. The number of halogens is 3. The summed E-state index contributed by atoms with van der Waals surface area (Å²) in [5.41, 5.74) is -0.511. The van der Waals surface area contributed by atoms with Gasteiger partial charge in [-0.1, -0.05) is 11.6 Å². The van der Waals surface area contributed by atoms with Gasteiger partial charge >= 0.3 is 0 Å². The lowest BCUT2D eigenvalue weighted by atomic mass is 9.73. The number of fused-ring (bicyclic) bond motifs is 2. The summed E-state index contributed by atoms with van der Waals surface area (Å²) in [6.07, 6.45) is 8.35. The number of hydrogen-bond donors (Lipinski definition) is 2. The van der Waals surface area contributed by atoms with E-state index in [0.29, 0.717) is 18.7 Å². The molecule has 2 saturated carbocycles. The maximum Gasteiger partial charge on any atom is 0.255 e. The lowest BCUT2D eigenvalue weighted by Gasteiger charge is -2.42. The van der Waals surface area contributed by atoms with Gasteiger partial charge in [0.2, 0.25) is 0 Å². The minimum atomic E-state index is -4.01. The number of pyridine rings is 1. The molecule has 8 nitrogen and oxygen atoms in total. The van der Waals surface area contributed by atoms with Crippen molar-refractivity contribution < 1.29 is 27.1 Å². The van der Waals surface area contributed by atoms with Gasteiger partial charge in [0.15, 0.2) is 21.5 Å². The highest BCUT2D eigenvalue weighted by Crippen LogP contribution is 2.56. The number of carbonyl (C=O) groups excluding carboxylic acids is 1. The Bertz CT molecular complexity index is 1730. The Morgan fingerprint density at radius 1 is 1.00 bits per heavy atom. The maximum absolute atomic E-state index is 13.9. The monoisotopic (exact) mass is 598 g/mol. The number of anilines is 1. The number of benzene rings is 2. The van der Waals surface area contributed by atoms with Crippen molar-refractivity contribution in [2.75, 3.05) is 5.32 Å². The van der Waals surface area contributed by atoms with Crippen LogP contribution in [-0.2, 0) is 15.4 Å². The minimum Gasteiger partial charge on any atom is -0.381 e. The number of nitrogens with one attached hydrogen (secondary N) is 1. The van der Waals surface area contributed by atoms with E-state index in [-0.39, 0.29) is 45.8 Å². The Morgan fingerprint density at radius 2 is 1.71 bits per heavy atom. The van der Waals surface area contributed by atoms with Crippen LogP contribution in [0.2, 0.25) is 5.02 Å². The third kappa shape index (κ3) is 4.71. The molecule has 2 heterocycles. The van der Waals surface area contributed by atoms with Crippen molar-refractivity contribution in [1.29, 1.82) is 0 Å². The molecule has 0 saturated heterocycles. The molecule has 0 radical (unpaired) electrons. The van der Waals surface area contributed by atoms with Crippen LogP contribution in [0, 0.1) is 23.5 Å². The normalized spacial score (nSPS) is 23.9. The molecule has 2 bridgehead atoms. The van der Waals surface area contributed by atoms with Gasteiger partial charge in [-0.3, -0.25) is 9.78 Å². The van der Waals surface area contributed by atoms with Gasteiger partial charge in [-0.05, 0) is 80.0 Å². The fourth-order valence-electron chi connectivity index (χ4n) is 6.25. The van der Waals surface area contributed by atoms with Crippen molar-refractivity contribution >= 4 is 33.0 Å². The third-order valence-corrected chi connectivity index (χ3v) is 10.9. The van der Waals surface area contributed by atoms with Crippen molar-refractivity contribution in [3.63, 3.8) is 0 Å². The molecular formula is C29H25ClF2N4O4S. The second-order valence-corrected chi connectivity index (χ2v) is 13.1. The van der Waals surface area contributed by atoms with Gasteiger partial charge in [0.05, 0.1) is 15.2 Å². The van der Waals surface area contributed by atoms with Crippen LogP contribution in [0.5, 0.6) is 0 Å². The summed E-state index contributed by atoms with van der Waals surface area (Å²) >= 11 is 6.35. The van der Waals surface area contributed by atoms with Crippen LogP contribution in [0.15, 0.2) is 78.2 Å². The van der Waals surface area contributed by atoms with Gasteiger partial charge in [0, 0.05) is 47.8 Å². The fraction of sp³-hybridized carbons (Fsp3) is 0.276. The minimum absolute atomic E-state index is 0.00706. The van der Waals surface area contributed by atoms with Gasteiger partial charge in [-0.15, -0.1) is 0 Å². The Labute approximate surface area is 239 Å². The number of aliphatic hydroxyl groups is 1. The number of imidazole rings is 1. The third-order valence-electron chi connectivity index (χ3n) is 8.26. The number of aromatic nitrogens is 3. The summed E-state index contributed by atoms with van der Waals surface area (Å²) in [4.78, 5) is 21.2. The highest BCUT2D eigenvalue weighted by molar-refractivity contribution is 7.92. The highest BCUT2D eigenvalue weighted by Gasteiger charge is 2.58. The standard InChI is InChI=1S/C29H25ClF2N4O4S/c30-23-5-1-17(27(37)35-20-4-6-24(31)25(32)16-20)13-26(23)41(39,40)22-14-18-2-3-19(15-22)29(18,38)28-34-11-12-36(28)21-7-9-33-10-8-21/h1,4-13,16,18-19,22,38H,2-3,14-15H2,(H,35,37)/t18-,19?,22?,29?/m0/s1. The van der Waals surface area contributed by atoms with E-state index in [0.717, 1.165) is 17.8 Å². The molecule has 12 heteroatoms. The van der Waals surface area contributed by atoms with Crippen LogP contribution >= 0.6 is 11.6 Å². The van der Waals surface area contributed by atoms with E-state index < -0.39 is 38.2 Å². The quantitative estimate of drug-likeness (QED) is 0.311. The van der Waals surface area contributed by atoms with Crippen molar-refractivity contribution in [2.45, 2.75) is 41.4 Å². The number of nitrogens with zero attached hydrogens (tertiary/aromatic N) is 3. The Kier molecular flexibility index (Phi) is 6.91. The Morgan fingerprint density at radius 3 is 2.39 bits per heavy atom. The molecule has 212 valence electrons. The van der Waals surface area contributed by atoms with E-state index >= 15 is 0 Å². The molecule has 2 fully saturated rings. The highest BCUT2D eigenvalue weighted by atomic mass is 35.5. The summed E-state index contributed by atoms with van der Waals surface area (Å²) in [6.45, 7) is 0. The van der Waals surface area contributed by atoms with Crippen LogP contribution in [0.3, 0.4) is 0 Å². The zero-order valence-electron chi connectivity index (χ0n) is 21.5. The first kappa shape index (κ1) is 27.5. The predicted octanol–water partition coefficient (Wildman–Crippen LogP) is 5.30. The Balaban J connectivity index is 1.27. The molecule has 0 spiro atoms. The molecule has 4 aromatic rings. The van der Waals surface area contributed by atoms with Gasteiger partial charge < -0.3 is 15.0 Å². The lowest BCUT2D eigenvalue weighted by Crippen LogP contribution is -2.47. The van der Waals surface area contributed by atoms with Crippen molar-refractivity contribution in [1.82, 2.24) is 14.5 Å². The molecule has 2 aliphatic carbocycles. The molecule has 2 aliphatic rings. The van der Waals surface area contributed by atoms with E-state index in [9.17, 15) is 27.1 Å². The van der Waals surface area contributed by atoms with Crippen LogP contribution in [0.25, 0.3) is 5.69 Å². The van der Waals surface area contributed by atoms with Gasteiger partial charge in [-0.25, -0.2) is 22.2 Å². The maximum atomic E-state index is 13.9. The average molecular weight is 599 g/mol. The average Bonchev–Trinajstić information content (AvgIpc) is 3.49. The summed E-state index contributed by atoms with van der Waals surface area (Å²) in [5, 5.41) is 13.6. The SMILES string of the molecule is O=C(Nc1ccc(F)c(F)c1)c1ccc(Cl)c(S(=O)(=O)C2CC3CC[C@@H](C2)C3(O)c2nccn2-c2ccncc2)c1. The second-order valence-electron chi connectivity index (χ2n) is 10.5. The van der Waals surface area contributed by atoms with Gasteiger partial charge in [0.25, 0.3) is 5.91 Å². The predicted molar refractivity (Wildman–Crippen MR) is 147 cm³/mol. The first-order chi connectivity index (χ1) is 19.6. The first-order valence-corrected chi connectivity index (χ1v) is 15.0. The molecule has 2 aromatic carbocycles. The van der Waals surface area contributed by atoms with E-state index in [4.69, 9.17) is 11.6 Å². The zero-order valence-corrected chi connectivity index (χ0v) is 23.1. The van der Waals surface area contributed by atoms with Gasteiger partial charge in [-0.2, -0.15) is 0 Å². The second kappa shape index (κ2) is 10.3. The molecular weight excluding hydrogens is 574 g/mol. The Hall–Kier alpha value is -3.67. The molecule has 6 rings (SSSR count). The molecule has 0 aliphatic heterocycles. The van der Waals surface area contributed by atoms with E-state index in [1.54, 1.807) is 24.8 Å². The van der Waals surface area contributed by atoms with Crippen molar-refractivity contribution in [3.8, 4) is 5.69 Å². The van der Waals surface area contributed by atoms with Crippen LogP contribution in [0.1, 0.15) is 41.9 Å². The topological polar surface area (TPSA) is 114 Å². The molecule has 3 unspecified atom stereocenters. The smallest absolute Gasteiger partial charge is 0.255 e. The summed E-state index contributed by atoms with van der Waals surface area (Å²) in [5.74, 6) is -3.13. The first-order valence-electron chi connectivity index (χ1n) is 13.1. The van der Waals surface area contributed by atoms with E-state index in [2.05, 4.69) is 15.3 Å². The molecule has 4 atom stereocenters. The molecule has 2 N–H and O–H groups in total. The van der Waals surface area contributed by atoms with Crippen molar-refractivity contribution in [2.24, 2.45) is 11.8 Å². The molecule has 1 amide bonds. The van der Waals surface area contributed by atoms with Crippen molar-refractivity contribution in [3.05, 3.63) is 101 Å².